The Bertz CT molecular complexity index is 1470. The van der Waals surface area contributed by atoms with Crippen LogP contribution in [0, 0.1) is 15.9 Å². The molecule has 3 heterocycles. The summed E-state index contributed by atoms with van der Waals surface area (Å²) in [6.07, 6.45) is 0. The summed E-state index contributed by atoms with van der Waals surface area (Å²) in [5.74, 6) is 0.0725. The van der Waals surface area contributed by atoms with E-state index in [1.807, 2.05) is 11.8 Å². The minimum atomic E-state index is -0.448. The van der Waals surface area contributed by atoms with Crippen molar-refractivity contribution in [1.82, 2.24) is 19.8 Å². The van der Waals surface area contributed by atoms with Crippen LogP contribution in [0.4, 0.5) is 21.6 Å². The number of benzene rings is 2. The molecule has 2 saturated heterocycles. The highest BCUT2D eigenvalue weighted by Crippen LogP contribution is 2.26. The molecule has 1 atom stereocenters. The summed E-state index contributed by atoms with van der Waals surface area (Å²) in [7, 11) is 0. The molecule has 2 aliphatic rings. The van der Waals surface area contributed by atoms with Crippen molar-refractivity contribution in [3.63, 3.8) is 0 Å². The molecule has 1 aromatic heterocycles. The Labute approximate surface area is 251 Å². The van der Waals surface area contributed by atoms with Gasteiger partial charge in [0.15, 0.2) is 5.16 Å². The van der Waals surface area contributed by atoms with Crippen LogP contribution >= 0.6 is 23.4 Å². The van der Waals surface area contributed by atoms with Crippen LogP contribution in [0.1, 0.15) is 17.3 Å². The molecule has 2 fully saturated rings. The van der Waals surface area contributed by atoms with Gasteiger partial charge in [-0.15, -0.1) is 0 Å². The van der Waals surface area contributed by atoms with Gasteiger partial charge in [0, 0.05) is 81.3 Å². The Morgan fingerprint density at radius 2 is 1.74 bits per heavy atom. The standard InChI is InChI=1S/C28H29ClFN7O4S/c1-19-17-35(13-14-36(19)27(39)20-3-2-4-21(30)15-20)25-16-24(29)31-28(32-25)42-18-26(38)34-11-9-33(10-12-34)22-5-7-23(8-6-22)37(40)41/h2-8,15-16,19H,9-14,17-18H2,1H3. The number of thioether (sulfide) groups is 1. The molecule has 14 heteroatoms. The van der Waals surface area contributed by atoms with E-state index in [9.17, 15) is 24.1 Å². The molecule has 2 aromatic carbocycles. The molecular weight excluding hydrogens is 585 g/mol. The molecular formula is C28H29ClFN7O4S. The van der Waals surface area contributed by atoms with Gasteiger partial charge < -0.3 is 19.6 Å². The van der Waals surface area contributed by atoms with Crippen molar-refractivity contribution >= 4 is 52.4 Å². The normalized spacial score (nSPS) is 17.4. The van der Waals surface area contributed by atoms with E-state index in [-0.39, 0.29) is 34.4 Å². The van der Waals surface area contributed by atoms with Gasteiger partial charge in [0.1, 0.15) is 16.8 Å². The number of carbonyl (C=O) groups excluding carboxylic acids is 2. The number of non-ortho nitro benzene ring substituents is 1. The lowest BCUT2D eigenvalue weighted by Crippen LogP contribution is -2.54. The molecule has 0 N–H and O–H groups in total. The lowest BCUT2D eigenvalue weighted by atomic mass is 10.1. The predicted molar refractivity (Wildman–Crippen MR) is 159 cm³/mol. The van der Waals surface area contributed by atoms with E-state index in [2.05, 4.69) is 14.9 Å². The highest BCUT2D eigenvalue weighted by atomic mass is 35.5. The van der Waals surface area contributed by atoms with Crippen LogP contribution in [-0.2, 0) is 4.79 Å². The number of piperazine rings is 2. The van der Waals surface area contributed by atoms with Crippen LogP contribution in [-0.4, -0.2) is 94.1 Å². The zero-order chi connectivity index (χ0) is 29.8. The molecule has 0 saturated carbocycles. The number of hydrogen-bond donors (Lipinski definition) is 0. The molecule has 0 spiro atoms. The van der Waals surface area contributed by atoms with Crippen LogP contribution in [0.25, 0.3) is 0 Å². The first kappa shape index (κ1) is 29.5. The van der Waals surface area contributed by atoms with Crippen molar-refractivity contribution in [1.29, 1.82) is 0 Å². The number of rotatable bonds is 7. The van der Waals surface area contributed by atoms with Gasteiger partial charge in [0.25, 0.3) is 11.6 Å². The maximum absolute atomic E-state index is 13.6. The average molecular weight is 614 g/mol. The molecule has 0 radical (unpaired) electrons. The molecule has 1 unspecified atom stereocenters. The van der Waals surface area contributed by atoms with Crippen molar-refractivity contribution < 1.29 is 18.9 Å². The topological polar surface area (TPSA) is 116 Å². The van der Waals surface area contributed by atoms with Gasteiger partial charge in [0.2, 0.25) is 5.91 Å². The predicted octanol–water partition coefficient (Wildman–Crippen LogP) is 3.97. The van der Waals surface area contributed by atoms with Crippen LogP contribution in [0.5, 0.6) is 0 Å². The smallest absolute Gasteiger partial charge is 0.269 e. The second kappa shape index (κ2) is 12.9. The van der Waals surface area contributed by atoms with Crippen molar-refractivity contribution in [3.05, 3.63) is 81.2 Å². The summed E-state index contributed by atoms with van der Waals surface area (Å²) in [6, 6.07) is 13.6. The lowest BCUT2D eigenvalue weighted by Gasteiger charge is -2.40. The number of halogens is 2. The number of amides is 2. The zero-order valence-electron chi connectivity index (χ0n) is 22.9. The van der Waals surface area contributed by atoms with Crippen LogP contribution in [0.15, 0.2) is 59.8 Å². The Balaban J connectivity index is 1.14. The minimum Gasteiger partial charge on any atom is -0.368 e. The van der Waals surface area contributed by atoms with E-state index < -0.39 is 10.7 Å². The lowest BCUT2D eigenvalue weighted by molar-refractivity contribution is -0.384. The van der Waals surface area contributed by atoms with Crippen LogP contribution < -0.4 is 9.80 Å². The zero-order valence-corrected chi connectivity index (χ0v) is 24.4. The first-order valence-electron chi connectivity index (χ1n) is 13.4. The van der Waals surface area contributed by atoms with E-state index in [1.54, 1.807) is 34.1 Å². The van der Waals surface area contributed by atoms with Gasteiger partial charge in [-0.25, -0.2) is 14.4 Å². The highest BCUT2D eigenvalue weighted by molar-refractivity contribution is 7.99. The first-order chi connectivity index (χ1) is 20.2. The Kier molecular flexibility index (Phi) is 9.07. The van der Waals surface area contributed by atoms with E-state index >= 15 is 0 Å². The number of aromatic nitrogens is 2. The van der Waals surface area contributed by atoms with E-state index in [1.165, 1.54) is 42.1 Å². The maximum Gasteiger partial charge on any atom is 0.269 e. The van der Waals surface area contributed by atoms with Crippen LogP contribution in [0.3, 0.4) is 0 Å². The Hall–Kier alpha value is -3.97. The molecule has 2 amide bonds. The van der Waals surface area contributed by atoms with Gasteiger partial charge in [-0.1, -0.05) is 29.4 Å². The monoisotopic (exact) mass is 613 g/mol. The highest BCUT2D eigenvalue weighted by Gasteiger charge is 2.29. The number of carbonyl (C=O) groups is 2. The molecule has 220 valence electrons. The molecule has 11 nitrogen and oxygen atoms in total. The Morgan fingerprint density at radius 3 is 2.40 bits per heavy atom. The quantitative estimate of drug-likeness (QED) is 0.128. The molecule has 5 rings (SSSR count). The SMILES string of the molecule is CC1CN(c2cc(Cl)nc(SCC(=O)N3CCN(c4ccc([N+](=O)[O-])cc4)CC3)n2)CCN1C(=O)c1cccc(F)c1. The summed E-state index contributed by atoms with van der Waals surface area (Å²) < 4.78 is 13.6. The summed E-state index contributed by atoms with van der Waals surface area (Å²) in [5.41, 5.74) is 1.25. The molecule has 42 heavy (non-hydrogen) atoms. The fourth-order valence-electron chi connectivity index (χ4n) is 5.08. The molecule has 3 aromatic rings. The van der Waals surface area contributed by atoms with Gasteiger partial charge in [-0.3, -0.25) is 19.7 Å². The van der Waals surface area contributed by atoms with Gasteiger partial charge in [-0.2, -0.15) is 0 Å². The van der Waals surface area contributed by atoms with E-state index in [4.69, 9.17) is 11.6 Å². The summed E-state index contributed by atoms with van der Waals surface area (Å²) >= 11 is 7.53. The molecule has 2 aliphatic heterocycles. The van der Waals surface area contributed by atoms with Crippen LogP contribution in [0.2, 0.25) is 5.15 Å². The maximum atomic E-state index is 13.6. The molecule has 0 aliphatic carbocycles. The largest absolute Gasteiger partial charge is 0.368 e. The summed E-state index contributed by atoms with van der Waals surface area (Å²) in [5, 5.41) is 11.5. The minimum absolute atomic E-state index is 0.0356. The van der Waals surface area contributed by atoms with E-state index in [0.717, 1.165) is 5.69 Å². The second-order valence-corrected chi connectivity index (χ2v) is 11.4. The second-order valence-electron chi connectivity index (χ2n) is 10.1. The van der Waals surface area contributed by atoms with Crippen molar-refractivity contribution in [2.75, 3.05) is 61.4 Å². The fourth-order valence-corrected chi connectivity index (χ4v) is 6.07. The van der Waals surface area contributed by atoms with Crippen molar-refractivity contribution in [2.45, 2.75) is 18.1 Å². The van der Waals surface area contributed by atoms with Gasteiger partial charge >= 0.3 is 0 Å². The number of nitro benzene ring substituents is 1. The Morgan fingerprint density at radius 1 is 1.02 bits per heavy atom. The van der Waals surface area contributed by atoms with Crippen molar-refractivity contribution in [3.8, 4) is 0 Å². The van der Waals surface area contributed by atoms with E-state index in [0.29, 0.717) is 62.4 Å². The average Bonchev–Trinajstić information content (AvgIpc) is 2.99. The van der Waals surface area contributed by atoms with Gasteiger partial charge in [0.05, 0.1) is 10.7 Å². The first-order valence-corrected chi connectivity index (χ1v) is 14.8. The number of hydrogen-bond acceptors (Lipinski definition) is 9. The third-order valence-electron chi connectivity index (χ3n) is 7.33. The summed E-state index contributed by atoms with van der Waals surface area (Å²) in [6.45, 7) is 5.71. The third-order valence-corrected chi connectivity index (χ3v) is 8.35. The van der Waals surface area contributed by atoms with Gasteiger partial charge in [-0.05, 0) is 37.3 Å². The number of nitro groups is 1. The third kappa shape index (κ3) is 6.90. The number of nitrogens with zero attached hydrogens (tertiary/aromatic N) is 7. The van der Waals surface area contributed by atoms with Crippen molar-refractivity contribution in [2.24, 2.45) is 0 Å². The summed E-state index contributed by atoms with van der Waals surface area (Å²) in [4.78, 5) is 52.9. The fraction of sp³-hybridized carbons (Fsp3) is 0.357. The molecule has 0 bridgehead atoms. The number of anilines is 2.